The van der Waals surface area contributed by atoms with Crippen molar-refractivity contribution in [1.82, 2.24) is 9.47 Å². The van der Waals surface area contributed by atoms with E-state index in [4.69, 9.17) is 5.11 Å². The highest BCUT2D eigenvalue weighted by atomic mass is 16.3. The number of aliphatic hydroxyl groups excluding tert-OH is 1. The topological polar surface area (TPSA) is 45.5 Å². The molecule has 1 saturated heterocycles. The summed E-state index contributed by atoms with van der Waals surface area (Å²) in [7, 11) is 0. The molecule has 17 heavy (non-hydrogen) atoms. The van der Waals surface area contributed by atoms with E-state index in [0.717, 1.165) is 32.4 Å². The third-order valence-electron chi connectivity index (χ3n) is 3.49. The third kappa shape index (κ3) is 3.33. The van der Waals surface area contributed by atoms with Gasteiger partial charge in [0.1, 0.15) is 6.54 Å². The van der Waals surface area contributed by atoms with Gasteiger partial charge in [0.15, 0.2) is 0 Å². The van der Waals surface area contributed by atoms with Crippen LogP contribution in [0.2, 0.25) is 0 Å². The van der Waals surface area contributed by atoms with E-state index in [1.807, 2.05) is 34.0 Å². The molecule has 2 rings (SSSR count). The fourth-order valence-corrected chi connectivity index (χ4v) is 2.39. The first-order valence-electron chi connectivity index (χ1n) is 6.29. The lowest BCUT2D eigenvalue weighted by molar-refractivity contribution is -0.133. The van der Waals surface area contributed by atoms with Gasteiger partial charge in [-0.15, -0.1) is 0 Å². The number of amides is 1. The van der Waals surface area contributed by atoms with Crippen LogP contribution in [0.4, 0.5) is 0 Å². The number of rotatable bonds is 4. The molecule has 0 saturated carbocycles. The van der Waals surface area contributed by atoms with Crippen molar-refractivity contribution in [3.63, 3.8) is 0 Å². The molecule has 0 aromatic carbocycles. The molecule has 0 radical (unpaired) electrons. The molecule has 1 aliphatic heterocycles. The summed E-state index contributed by atoms with van der Waals surface area (Å²) in [5.74, 6) is 0.791. The molecule has 1 amide bonds. The van der Waals surface area contributed by atoms with Crippen LogP contribution in [-0.2, 0) is 11.3 Å². The minimum Gasteiger partial charge on any atom is -0.396 e. The molecule has 94 valence electrons. The van der Waals surface area contributed by atoms with Crippen LogP contribution in [0.3, 0.4) is 0 Å². The number of aromatic nitrogens is 1. The Bertz CT molecular complexity index is 340. The molecule has 1 aromatic heterocycles. The first-order valence-corrected chi connectivity index (χ1v) is 6.29. The number of likely N-dealkylation sites (tertiary alicyclic amines) is 1. The fourth-order valence-electron chi connectivity index (χ4n) is 2.39. The molecule has 1 fully saturated rings. The molecule has 4 heteroatoms. The Hall–Kier alpha value is -1.29. The second-order valence-corrected chi connectivity index (χ2v) is 4.69. The van der Waals surface area contributed by atoms with Gasteiger partial charge in [-0.1, -0.05) is 0 Å². The fraction of sp³-hybridized carbons (Fsp3) is 0.615. The first kappa shape index (κ1) is 12.2. The number of piperidine rings is 1. The van der Waals surface area contributed by atoms with Gasteiger partial charge in [-0.2, -0.15) is 0 Å². The average molecular weight is 236 g/mol. The molecular formula is C13H20N2O2. The standard InChI is InChI=1S/C13H20N2O2/c16-10-5-12-3-8-15(9-4-12)13(17)11-14-6-1-2-7-14/h1-2,6-7,12,16H,3-5,8-11H2. The van der Waals surface area contributed by atoms with Gasteiger partial charge >= 0.3 is 0 Å². The largest absolute Gasteiger partial charge is 0.396 e. The molecule has 1 aliphatic rings. The number of carbonyl (C=O) groups excluding carboxylic acids is 1. The summed E-state index contributed by atoms with van der Waals surface area (Å²) in [6, 6.07) is 3.86. The Morgan fingerprint density at radius 1 is 1.24 bits per heavy atom. The van der Waals surface area contributed by atoms with E-state index < -0.39 is 0 Å². The molecule has 1 N–H and O–H groups in total. The summed E-state index contributed by atoms with van der Waals surface area (Å²) in [6.45, 7) is 2.38. The number of carbonyl (C=O) groups is 1. The molecule has 1 aromatic rings. The van der Waals surface area contributed by atoms with Gasteiger partial charge in [-0.05, 0) is 37.3 Å². The third-order valence-corrected chi connectivity index (χ3v) is 3.49. The van der Waals surface area contributed by atoms with E-state index in [0.29, 0.717) is 12.5 Å². The summed E-state index contributed by atoms with van der Waals surface area (Å²) in [6.07, 6.45) is 6.75. The predicted molar refractivity (Wildman–Crippen MR) is 65.4 cm³/mol. The molecule has 0 unspecified atom stereocenters. The molecule has 4 nitrogen and oxygen atoms in total. The first-order chi connectivity index (χ1) is 8.29. The lowest BCUT2D eigenvalue weighted by atomic mass is 9.94. The van der Waals surface area contributed by atoms with E-state index in [1.165, 1.54) is 0 Å². The van der Waals surface area contributed by atoms with Crippen LogP contribution in [0.25, 0.3) is 0 Å². The van der Waals surface area contributed by atoms with Gasteiger partial charge in [0.2, 0.25) is 5.91 Å². The Morgan fingerprint density at radius 3 is 2.47 bits per heavy atom. The van der Waals surface area contributed by atoms with Crippen LogP contribution in [0.5, 0.6) is 0 Å². The maximum Gasteiger partial charge on any atom is 0.242 e. The van der Waals surface area contributed by atoms with Gasteiger partial charge in [0.25, 0.3) is 0 Å². The van der Waals surface area contributed by atoms with Crippen molar-refractivity contribution in [3.05, 3.63) is 24.5 Å². The highest BCUT2D eigenvalue weighted by Crippen LogP contribution is 2.20. The zero-order chi connectivity index (χ0) is 12.1. The Kier molecular flexibility index (Phi) is 4.20. The lowest BCUT2D eigenvalue weighted by Gasteiger charge is -2.31. The van der Waals surface area contributed by atoms with Crippen molar-refractivity contribution >= 4 is 5.91 Å². The monoisotopic (exact) mass is 236 g/mol. The summed E-state index contributed by atoms with van der Waals surface area (Å²) in [4.78, 5) is 13.9. The van der Waals surface area contributed by atoms with Gasteiger partial charge in [-0.25, -0.2) is 0 Å². The minimum atomic E-state index is 0.198. The van der Waals surface area contributed by atoms with E-state index in [1.54, 1.807) is 0 Å². The van der Waals surface area contributed by atoms with Gasteiger partial charge in [0.05, 0.1) is 0 Å². The molecule has 0 aliphatic carbocycles. The van der Waals surface area contributed by atoms with E-state index >= 15 is 0 Å². The van der Waals surface area contributed by atoms with Crippen molar-refractivity contribution in [3.8, 4) is 0 Å². The maximum absolute atomic E-state index is 12.0. The zero-order valence-electron chi connectivity index (χ0n) is 10.1. The highest BCUT2D eigenvalue weighted by Gasteiger charge is 2.22. The maximum atomic E-state index is 12.0. The van der Waals surface area contributed by atoms with Crippen molar-refractivity contribution in [2.75, 3.05) is 19.7 Å². The number of nitrogens with zero attached hydrogens (tertiary/aromatic N) is 2. The summed E-state index contributed by atoms with van der Waals surface area (Å²) in [5.41, 5.74) is 0. The van der Waals surface area contributed by atoms with Crippen LogP contribution in [-0.4, -0.2) is 40.2 Å². The Balaban J connectivity index is 1.78. The minimum absolute atomic E-state index is 0.198. The van der Waals surface area contributed by atoms with Crippen LogP contribution in [0.1, 0.15) is 19.3 Å². The molecule has 0 spiro atoms. The van der Waals surface area contributed by atoms with Gasteiger partial charge < -0.3 is 14.6 Å². The summed E-state index contributed by atoms with van der Waals surface area (Å²) >= 11 is 0. The molecule has 2 heterocycles. The second kappa shape index (κ2) is 5.87. The van der Waals surface area contributed by atoms with Crippen molar-refractivity contribution < 1.29 is 9.90 Å². The number of hydrogen-bond donors (Lipinski definition) is 1. The number of aliphatic hydroxyl groups is 1. The van der Waals surface area contributed by atoms with Crippen LogP contribution in [0.15, 0.2) is 24.5 Å². The van der Waals surface area contributed by atoms with Crippen molar-refractivity contribution in [2.45, 2.75) is 25.8 Å². The van der Waals surface area contributed by atoms with Gasteiger partial charge in [0, 0.05) is 32.1 Å². The quantitative estimate of drug-likeness (QED) is 0.851. The highest BCUT2D eigenvalue weighted by molar-refractivity contribution is 5.76. The normalized spacial score (nSPS) is 17.4. The van der Waals surface area contributed by atoms with E-state index in [2.05, 4.69) is 0 Å². The van der Waals surface area contributed by atoms with Crippen LogP contribution in [0, 0.1) is 5.92 Å². The molecular weight excluding hydrogens is 216 g/mol. The average Bonchev–Trinajstić information content (AvgIpc) is 2.83. The summed E-state index contributed by atoms with van der Waals surface area (Å²) in [5, 5.41) is 8.88. The number of hydrogen-bond acceptors (Lipinski definition) is 2. The van der Waals surface area contributed by atoms with E-state index in [-0.39, 0.29) is 12.5 Å². The Labute approximate surface area is 102 Å². The van der Waals surface area contributed by atoms with Crippen molar-refractivity contribution in [1.29, 1.82) is 0 Å². The zero-order valence-corrected chi connectivity index (χ0v) is 10.1. The smallest absolute Gasteiger partial charge is 0.242 e. The molecule has 0 bridgehead atoms. The second-order valence-electron chi connectivity index (χ2n) is 4.69. The van der Waals surface area contributed by atoms with E-state index in [9.17, 15) is 4.79 Å². The van der Waals surface area contributed by atoms with Gasteiger partial charge in [-0.3, -0.25) is 4.79 Å². The summed E-state index contributed by atoms with van der Waals surface area (Å²) < 4.78 is 1.90. The molecule has 0 atom stereocenters. The lowest BCUT2D eigenvalue weighted by Crippen LogP contribution is -2.40. The van der Waals surface area contributed by atoms with Crippen molar-refractivity contribution in [2.24, 2.45) is 5.92 Å². The Morgan fingerprint density at radius 2 is 1.88 bits per heavy atom. The van der Waals surface area contributed by atoms with Crippen LogP contribution < -0.4 is 0 Å². The SMILES string of the molecule is O=C(Cn1cccc1)N1CCC(CCO)CC1. The van der Waals surface area contributed by atoms with Crippen LogP contribution >= 0.6 is 0 Å². The predicted octanol–water partition coefficient (Wildman–Crippen LogP) is 1.11.